The van der Waals surface area contributed by atoms with Gasteiger partial charge in [-0.1, -0.05) is 24.3 Å². The molecule has 0 bridgehead atoms. The van der Waals surface area contributed by atoms with Crippen LogP contribution in [0.3, 0.4) is 0 Å². The van der Waals surface area contributed by atoms with E-state index in [2.05, 4.69) is 22.3 Å². The number of urea groups is 1. The molecular formula is C23H27N4O4+. The third-order valence-corrected chi connectivity index (χ3v) is 6.37. The van der Waals surface area contributed by atoms with E-state index in [1.165, 1.54) is 15.5 Å². The molecule has 1 atom stereocenters. The Morgan fingerprint density at radius 2 is 1.71 bits per heavy atom. The zero-order valence-corrected chi connectivity index (χ0v) is 17.6. The fourth-order valence-corrected chi connectivity index (χ4v) is 4.49. The minimum absolute atomic E-state index is 0.229. The molecule has 3 heterocycles. The molecule has 0 saturated carbocycles. The lowest BCUT2D eigenvalue weighted by Gasteiger charge is -2.34. The zero-order valence-electron chi connectivity index (χ0n) is 17.6. The van der Waals surface area contributed by atoms with E-state index in [0.717, 1.165) is 26.2 Å². The summed E-state index contributed by atoms with van der Waals surface area (Å²) in [5.74, 6) is 1.04. The van der Waals surface area contributed by atoms with Gasteiger partial charge in [0.15, 0.2) is 18.2 Å². The lowest BCUT2D eigenvalue weighted by atomic mass is 9.91. The van der Waals surface area contributed by atoms with Crippen molar-refractivity contribution in [3.63, 3.8) is 0 Å². The standard InChI is InChI=1S/C23H26N4O4/c1-23(17-7-8-19-20(15-17)31-14-13-30-19)21(28)27(22(29)24-23)16-25-9-11-26(12-10-25)18-5-3-2-4-6-18/h2-8,15H,9-14,16H2,1H3,(H,24,29)/p+1/t23-/m1/s1. The summed E-state index contributed by atoms with van der Waals surface area (Å²) in [7, 11) is 0. The zero-order chi connectivity index (χ0) is 21.4. The van der Waals surface area contributed by atoms with Crippen LogP contribution < -0.4 is 24.6 Å². The summed E-state index contributed by atoms with van der Waals surface area (Å²) in [5, 5.41) is 2.89. The molecule has 31 heavy (non-hydrogen) atoms. The molecular weight excluding hydrogens is 396 g/mol. The highest BCUT2D eigenvalue weighted by molar-refractivity contribution is 6.07. The van der Waals surface area contributed by atoms with Gasteiger partial charge in [0.1, 0.15) is 18.8 Å². The van der Waals surface area contributed by atoms with E-state index in [1.807, 2.05) is 24.3 Å². The van der Waals surface area contributed by atoms with Crippen molar-refractivity contribution >= 4 is 17.6 Å². The largest absolute Gasteiger partial charge is 0.486 e. The summed E-state index contributed by atoms with van der Waals surface area (Å²) in [6.07, 6.45) is 0. The molecule has 5 rings (SSSR count). The Morgan fingerprint density at radius 1 is 1.00 bits per heavy atom. The second-order valence-electron chi connectivity index (χ2n) is 8.38. The highest BCUT2D eigenvalue weighted by Crippen LogP contribution is 2.36. The molecule has 2 aromatic rings. The molecule has 2 N–H and O–H groups in total. The van der Waals surface area contributed by atoms with Crippen molar-refractivity contribution in [1.82, 2.24) is 10.2 Å². The predicted molar refractivity (Wildman–Crippen MR) is 114 cm³/mol. The number of nitrogens with one attached hydrogen (secondary N) is 2. The lowest BCUT2D eigenvalue weighted by molar-refractivity contribution is -0.907. The topological polar surface area (TPSA) is 75.6 Å². The first-order chi connectivity index (χ1) is 15.0. The Labute approximate surface area is 181 Å². The van der Waals surface area contributed by atoms with Crippen molar-refractivity contribution in [1.29, 1.82) is 0 Å². The quantitative estimate of drug-likeness (QED) is 0.704. The normalized spacial score (nSPS) is 23.8. The molecule has 162 valence electrons. The molecule has 3 amide bonds. The van der Waals surface area contributed by atoms with Crippen LogP contribution in [-0.4, -0.2) is 62.9 Å². The minimum Gasteiger partial charge on any atom is -0.486 e. The monoisotopic (exact) mass is 423 g/mol. The first-order valence-corrected chi connectivity index (χ1v) is 10.7. The summed E-state index contributed by atoms with van der Waals surface area (Å²) in [6.45, 7) is 6.62. The van der Waals surface area contributed by atoms with Gasteiger partial charge in [-0.3, -0.25) is 4.79 Å². The van der Waals surface area contributed by atoms with Gasteiger partial charge < -0.3 is 24.6 Å². The number of fused-ring (bicyclic) bond motifs is 1. The molecule has 0 radical (unpaired) electrons. The Bertz CT molecular complexity index is 990. The number of para-hydroxylation sites is 1. The average Bonchev–Trinajstić information content (AvgIpc) is 3.03. The van der Waals surface area contributed by atoms with Crippen LogP contribution >= 0.6 is 0 Å². The van der Waals surface area contributed by atoms with Gasteiger partial charge in [0.2, 0.25) is 0 Å². The second-order valence-corrected chi connectivity index (χ2v) is 8.38. The Hall–Kier alpha value is -3.26. The maximum Gasteiger partial charge on any atom is 0.329 e. The van der Waals surface area contributed by atoms with Crippen LogP contribution in [-0.2, 0) is 10.3 Å². The van der Waals surface area contributed by atoms with Gasteiger partial charge in [-0.15, -0.1) is 0 Å². The van der Waals surface area contributed by atoms with Gasteiger partial charge in [-0.25, -0.2) is 9.69 Å². The molecule has 0 aliphatic carbocycles. The maximum atomic E-state index is 13.3. The molecule has 2 fully saturated rings. The fourth-order valence-electron chi connectivity index (χ4n) is 4.49. The second kappa shape index (κ2) is 7.77. The molecule has 0 aromatic heterocycles. The first kappa shape index (κ1) is 19.7. The molecule has 3 aliphatic heterocycles. The number of benzene rings is 2. The van der Waals surface area contributed by atoms with Gasteiger partial charge in [-0.2, -0.15) is 0 Å². The fraction of sp³-hybridized carbons (Fsp3) is 0.391. The molecule has 3 aliphatic rings. The molecule has 2 saturated heterocycles. The van der Waals surface area contributed by atoms with Crippen molar-refractivity contribution in [2.75, 3.05) is 51.0 Å². The van der Waals surface area contributed by atoms with Gasteiger partial charge in [0, 0.05) is 5.69 Å². The van der Waals surface area contributed by atoms with Crippen molar-refractivity contribution < 1.29 is 24.0 Å². The van der Waals surface area contributed by atoms with E-state index in [4.69, 9.17) is 9.47 Å². The third-order valence-electron chi connectivity index (χ3n) is 6.37. The summed E-state index contributed by atoms with van der Waals surface area (Å²) >= 11 is 0. The molecule has 0 unspecified atom stereocenters. The summed E-state index contributed by atoms with van der Waals surface area (Å²) in [6, 6.07) is 15.4. The van der Waals surface area contributed by atoms with Crippen LogP contribution in [0.2, 0.25) is 0 Å². The van der Waals surface area contributed by atoms with Crippen molar-refractivity contribution in [3.8, 4) is 11.5 Å². The number of rotatable bonds is 4. The Morgan fingerprint density at radius 3 is 2.45 bits per heavy atom. The number of nitrogens with zero attached hydrogens (tertiary/aromatic N) is 2. The van der Waals surface area contributed by atoms with E-state index in [-0.39, 0.29) is 11.9 Å². The number of hydrogen-bond acceptors (Lipinski definition) is 5. The summed E-state index contributed by atoms with van der Waals surface area (Å²) in [5.41, 5.74) is 0.794. The van der Waals surface area contributed by atoms with Gasteiger partial charge >= 0.3 is 6.03 Å². The highest BCUT2D eigenvalue weighted by atomic mass is 16.6. The molecule has 8 nitrogen and oxygen atoms in total. The van der Waals surface area contributed by atoms with Gasteiger partial charge in [0.05, 0.1) is 26.2 Å². The summed E-state index contributed by atoms with van der Waals surface area (Å²) in [4.78, 5) is 31.0. The van der Waals surface area contributed by atoms with Gasteiger partial charge in [-0.05, 0) is 36.8 Å². The molecule has 2 aromatic carbocycles. The molecule has 8 heteroatoms. The molecule has 0 spiro atoms. The van der Waals surface area contributed by atoms with Crippen LogP contribution in [0.1, 0.15) is 12.5 Å². The number of anilines is 1. The Balaban J connectivity index is 1.26. The first-order valence-electron chi connectivity index (χ1n) is 10.7. The van der Waals surface area contributed by atoms with E-state index >= 15 is 0 Å². The Kier molecular flexibility index (Phi) is 4.94. The number of ether oxygens (including phenoxy) is 2. The number of piperazine rings is 1. The van der Waals surface area contributed by atoms with E-state index in [9.17, 15) is 9.59 Å². The highest BCUT2D eigenvalue weighted by Gasteiger charge is 2.50. The number of imide groups is 1. The summed E-state index contributed by atoms with van der Waals surface area (Å²) < 4.78 is 11.2. The van der Waals surface area contributed by atoms with Crippen LogP contribution in [0.25, 0.3) is 0 Å². The number of carbonyl (C=O) groups excluding carboxylic acids is 2. The van der Waals surface area contributed by atoms with Crippen LogP contribution in [0.4, 0.5) is 10.5 Å². The average molecular weight is 423 g/mol. The SMILES string of the molecule is C[C@]1(c2ccc3c(c2)OCCO3)NC(=O)N(C[NH+]2CCN(c3ccccc3)CC2)C1=O. The number of amides is 3. The van der Waals surface area contributed by atoms with Crippen molar-refractivity contribution in [2.45, 2.75) is 12.5 Å². The van der Waals surface area contributed by atoms with Crippen LogP contribution in [0, 0.1) is 0 Å². The lowest BCUT2D eigenvalue weighted by Crippen LogP contribution is -3.16. The van der Waals surface area contributed by atoms with Gasteiger partial charge in [0.25, 0.3) is 5.91 Å². The van der Waals surface area contributed by atoms with E-state index in [1.54, 1.807) is 19.1 Å². The third kappa shape index (κ3) is 3.57. The number of hydrogen-bond donors (Lipinski definition) is 2. The van der Waals surface area contributed by atoms with E-state index in [0.29, 0.717) is 36.9 Å². The predicted octanol–water partition coefficient (Wildman–Crippen LogP) is 0.587. The number of carbonyl (C=O) groups is 2. The number of quaternary nitrogens is 1. The van der Waals surface area contributed by atoms with Crippen molar-refractivity contribution in [2.24, 2.45) is 0 Å². The van der Waals surface area contributed by atoms with Crippen molar-refractivity contribution in [3.05, 3.63) is 54.1 Å². The minimum atomic E-state index is -1.11. The van der Waals surface area contributed by atoms with Crippen LogP contribution in [0.5, 0.6) is 11.5 Å². The smallest absolute Gasteiger partial charge is 0.329 e. The maximum absolute atomic E-state index is 13.3. The van der Waals surface area contributed by atoms with Crippen LogP contribution in [0.15, 0.2) is 48.5 Å². The van der Waals surface area contributed by atoms with E-state index < -0.39 is 5.54 Å².